The normalized spacial score (nSPS) is 13.8. The fourth-order valence-corrected chi connectivity index (χ4v) is 2.41. The molecule has 0 aromatic rings. The Kier molecular flexibility index (Phi) is 12.3. The molecule has 2 atom stereocenters. The van der Waals surface area contributed by atoms with E-state index in [1.807, 2.05) is 0 Å². The number of rotatable bonds is 15. The summed E-state index contributed by atoms with van der Waals surface area (Å²) < 4.78 is 10.7. The summed E-state index contributed by atoms with van der Waals surface area (Å²) in [6.07, 6.45) is -3.25. The van der Waals surface area contributed by atoms with Crippen LogP contribution in [0.2, 0.25) is 0 Å². The maximum atomic E-state index is 12.5. The molecule has 0 aromatic carbocycles. The lowest BCUT2D eigenvalue weighted by molar-refractivity contribution is -0.166. The lowest BCUT2D eigenvalue weighted by Gasteiger charge is -2.32. The third-order valence-electron chi connectivity index (χ3n) is 4.54. The zero-order valence-electron chi connectivity index (χ0n) is 18.9. The van der Waals surface area contributed by atoms with E-state index in [1.54, 1.807) is 20.8 Å². The predicted octanol–water partition coefficient (Wildman–Crippen LogP) is -0.562. The van der Waals surface area contributed by atoms with Crippen LogP contribution in [0.1, 0.15) is 47.5 Å². The highest BCUT2D eigenvalue weighted by Gasteiger charge is 2.39. The van der Waals surface area contributed by atoms with Gasteiger partial charge in [-0.15, -0.1) is 0 Å². The molecule has 5 N–H and O–H groups in total. The Labute approximate surface area is 182 Å². The first-order chi connectivity index (χ1) is 14.3. The van der Waals surface area contributed by atoms with Gasteiger partial charge in [-0.25, -0.2) is 0 Å². The predicted molar refractivity (Wildman–Crippen MR) is 110 cm³/mol. The molecule has 0 bridgehead atoms. The molecular formula is C20H36N2O9. The standard InChI is InChI=1S/C20H36N2O9/c1-6-30-12-20(4,5)16(18(29)22-9-7-13(24)25)31-14(26)8-10-21-17(28)15(27)19(2,3)11-23/h15-16,23,27H,6-12H2,1-5H3,(H,21,28)(H,22,29)(H,24,25)/t15-,16-/m0/s1. The van der Waals surface area contributed by atoms with Crippen molar-refractivity contribution >= 4 is 23.8 Å². The minimum absolute atomic E-state index is 0.118. The topological polar surface area (TPSA) is 171 Å². The van der Waals surface area contributed by atoms with Crippen LogP contribution in [0.25, 0.3) is 0 Å². The summed E-state index contributed by atoms with van der Waals surface area (Å²) >= 11 is 0. The molecule has 180 valence electrons. The molecule has 0 radical (unpaired) electrons. The van der Waals surface area contributed by atoms with Gasteiger partial charge >= 0.3 is 11.9 Å². The molecule has 0 rings (SSSR count). The highest BCUT2D eigenvalue weighted by Crippen LogP contribution is 2.25. The molecule has 0 aromatic heterocycles. The fraction of sp³-hybridized carbons (Fsp3) is 0.800. The van der Waals surface area contributed by atoms with E-state index in [1.165, 1.54) is 13.8 Å². The third-order valence-corrected chi connectivity index (χ3v) is 4.54. The maximum absolute atomic E-state index is 12.5. The fourth-order valence-electron chi connectivity index (χ4n) is 2.41. The summed E-state index contributed by atoms with van der Waals surface area (Å²) in [5.74, 6) is -3.24. The van der Waals surface area contributed by atoms with Crippen LogP contribution in [0, 0.1) is 10.8 Å². The Morgan fingerprint density at radius 2 is 1.48 bits per heavy atom. The molecule has 2 amide bonds. The van der Waals surface area contributed by atoms with Crippen molar-refractivity contribution in [2.75, 3.05) is 32.9 Å². The van der Waals surface area contributed by atoms with E-state index < -0.39 is 53.4 Å². The number of carbonyl (C=O) groups excluding carboxylic acids is 3. The molecule has 0 aliphatic rings. The molecule has 0 saturated heterocycles. The van der Waals surface area contributed by atoms with Crippen molar-refractivity contribution in [3.63, 3.8) is 0 Å². The lowest BCUT2D eigenvalue weighted by atomic mass is 9.86. The molecule has 0 aliphatic heterocycles. The Balaban J connectivity index is 4.94. The highest BCUT2D eigenvalue weighted by atomic mass is 16.6. The summed E-state index contributed by atoms with van der Waals surface area (Å²) in [5.41, 5.74) is -1.95. The van der Waals surface area contributed by atoms with Gasteiger partial charge in [-0.1, -0.05) is 27.7 Å². The third kappa shape index (κ3) is 10.6. The van der Waals surface area contributed by atoms with Gasteiger partial charge in [0.1, 0.15) is 6.10 Å². The zero-order valence-corrected chi connectivity index (χ0v) is 18.9. The van der Waals surface area contributed by atoms with Crippen LogP contribution in [-0.4, -0.2) is 84.2 Å². The Morgan fingerprint density at radius 3 is 2.00 bits per heavy atom. The number of aliphatic hydroxyl groups excluding tert-OH is 2. The number of hydrogen-bond donors (Lipinski definition) is 5. The van der Waals surface area contributed by atoms with Gasteiger partial charge in [0.2, 0.25) is 5.91 Å². The van der Waals surface area contributed by atoms with Crippen molar-refractivity contribution in [2.45, 2.75) is 59.7 Å². The summed E-state index contributed by atoms with van der Waals surface area (Å²) in [4.78, 5) is 47.4. The first-order valence-electron chi connectivity index (χ1n) is 10.1. The van der Waals surface area contributed by atoms with E-state index in [2.05, 4.69) is 10.6 Å². The van der Waals surface area contributed by atoms with Gasteiger partial charge in [0.15, 0.2) is 6.10 Å². The van der Waals surface area contributed by atoms with Gasteiger partial charge in [0, 0.05) is 30.5 Å². The molecule has 0 aliphatic carbocycles. The first-order valence-corrected chi connectivity index (χ1v) is 10.1. The number of hydrogen-bond acceptors (Lipinski definition) is 8. The minimum atomic E-state index is -1.47. The molecule has 0 fully saturated rings. The Morgan fingerprint density at radius 1 is 0.935 bits per heavy atom. The van der Waals surface area contributed by atoms with Crippen molar-refractivity contribution in [2.24, 2.45) is 10.8 Å². The number of carboxylic acids is 1. The second-order valence-electron chi connectivity index (χ2n) is 8.52. The highest BCUT2D eigenvalue weighted by molar-refractivity contribution is 5.85. The van der Waals surface area contributed by atoms with Gasteiger partial charge < -0.3 is 35.4 Å². The van der Waals surface area contributed by atoms with Crippen molar-refractivity contribution in [3.8, 4) is 0 Å². The average molecular weight is 449 g/mol. The number of carboxylic acid groups (broad SMARTS) is 1. The smallest absolute Gasteiger partial charge is 0.308 e. The number of ether oxygens (including phenoxy) is 2. The molecule has 0 heterocycles. The van der Waals surface area contributed by atoms with Crippen LogP contribution in [0.3, 0.4) is 0 Å². The number of aliphatic hydroxyl groups is 2. The van der Waals surface area contributed by atoms with Crippen molar-refractivity contribution < 1.29 is 44.0 Å². The van der Waals surface area contributed by atoms with Crippen LogP contribution in [-0.2, 0) is 28.7 Å². The Hall–Kier alpha value is -2.24. The van der Waals surface area contributed by atoms with Crippen molar-refractivity contribution in [3.05, 3.63) is 0 Å². The molecule has 0 spiro atoms. The van der Waals surface area contributed by atoms with Gasteiger partial charge in [-0.05, 0) is 6.92 Å². The van der Waals surface area contributed by atoms with Crippen LogP contribution in [0.5, 0.6) is 0 Å². The number of aliphatic carboxylic acids is 1. The maximum Gasteiger partial charge on any atom is 0.308 e. The van der Waals surface area contributed by atoms with E-state index in [0.29, 0.717) is 6.61 Å². The first kappa shape index (κ1) is 28.8. The molecule has 31 heavy (non-hydrogen) atoms. The van der Waals surface area contributed by atoms with Gasteiger partial charge in [-0.3, -0.25) is 19.2 Å². The number of nitrogens with one attached hydrogen (secondary N) is 2. The quantitative estimate of drug-likeness (QED) is 0.206. The summed E-state index contributed by atoms with van der Waals surface area (Å²) in [6, 6.07) is 0. The number of carbonyl (C=O) groups is 4. The number of esters is 1. The van der Waals surface area contributed by atoms with Crippen molar-refractivity contribution in [1.29, 1.82) is 0 Å². The van der Waals surface area contributed by atoms with E-state index in [-0.39, 0.29) is 32.5 Å². The zero-order chi connectivity index (χ0) is 24.2. The monoisotopic (exact) mass is 448 g/mol. The van der Waals surface area contributed by atoms with E-state index in [9.17, 15) is 29.4 Å². The van der Waals surface area contributed by atoms with E-state index in [4.69, 9.17) is 14.6 Å². The molecule has 0 unspecified atom stereocenters. The van der Waals surface area contributed by atoms with E-state index >= 15 is 0 Å². The molecular weight excluding hydrogens is 412 g/mol. The molecule has 11 nitrogen and oxygen atoms in total. The van der Waals surface area contributed by atoms with Crippen LogP contribution >= 0.6 is 0 Å². The number of amides is 2. The second-order valence-corrected chi connectivity index (χ2v) is 8.52. The van der Waals surface area contributed by atoms with Gasteiger partial charge in [0.05, 0.1) is 26.1 Å². The average Bonchev–Trinajstić information content (AvgIpc) is 2.69. The van der Waals surface area contributed by atoms with Gasteiger partial charge in [-0.2, -0.15) is 0 Å². The summed E-state index contributed by atoms with van der Waals surface area (Å²) in [5, 5.41) is 32.7. The minimum Gasteiger partial charge on any atom is -0.481 e. The SMILES string of the molecule is CCOCC(C)(C)[C@@H](OC(=O)CCNC(=O)[C@H](O)C(C)(C)CO)C(=O)NCCC(=O)O. The summed E-state index contributed by atoms with van der Waals surface area (Å²) in [7, 11) is 0. The van der Waals surface area contributed by atoms with Crippen LogP contribution < -0.4 is 10.6 Å². The molecule has 0 saturated carbocycles. The van der Waals surface area contributed by atoms with Crippen molar-refractivity contribution in [1.82, 2.24) is 10.6 Å². The van der Waals surface area contributed by atoms with E-state index in [0.717, 1.165) is 0 Å². The van der Waals surface area contributed by atoms with Crippen LogP contribution in [0.15, 0.2) is 0 Å². The second kappa shape index (κ2) is 13.2. The Bertz CT molecular complexity index is 620. The lowest BCUT2D eigenvalue weighted by Crippen LogP contribution is -2.49. The molecule has 11 heteroatoms. The van der Waals surface area contributed by atoms with Gasteiger partial charge in [0.25, 0.3) is 5.91 Å². The summed E-state index contributed by atoms with van der Waals surface area (Å²) in [6.45, 7) is 7.99. The largest absolute Gasteiger partial charge is 0.481 e. The van der Waals surface area contributed by atoms with Crippen LogP contribution in [0.4, 0.5) is 0 Å².